The van der Waals surface area contributed by atoms with Crippen LogP contribution >= 0.6 is 11.6 Å². The first-order valence-electron chi connectivity index (χ1n) is 5.74. The topological polar surface area (TPSA) is 73.6 Å². The fraction of sp³-hybridized carbons (Fsp3) is 0.417. The summed E-state index contributed by atoms with van der Waals surface area (Å²) in [7, 11) is 0. The van der Waals surface area contributed by atoms with E-state index in [4.69, 9.17) is 26.8 Å². The number of nitrogens with one attached hydrogen (secondary N) is 1. The van der Waals surface area contributed by atoms with Crippen molar-refractivity contribution in [3.05, 3.63) is 17.2 Å². The van der Waals surface area contributed by atoms with Crippen molar-refractivity contribution in [2.75, 3.05) is 12.1 Å². The summed E-state index contributed by atoms with van der Waals surface area (Å²) < 4.78 is 10.4. The molecule has 1 unspecified atom stereocenters. The number of ether oxygens (including phenoxy) is 2. The first-order valence-corrected chi connectivity index (χ1v) is 6.12. The fourth-order valence-corrected chi connectivity index (χ4v) is 1.80. The lowest BCUT2D eigenvalue weighted by Crippen LogP contribution is -2.26. The maximum absolute atomic E-state index is 11.7. The first kappa shape index (κ1) is 13.0. The van der Waals surface area contributed by atoms with Gasteiger partial charge in [0.25, 0.3) is 0 Å². The number of amides is 1. The molecule has 1 heterocycles. The second-order valence-corrected chi connectivity index (χ2v) is 4.51. The molecular formula is C12H15ClN2O3. The molecule has 0 saturated heterocycles. The zero-order chi connectivity index (χ0) is 13.1. The van der Waals surface area contributed by atoms with Crippen LogP contribution in [0.3, 0.4) is 0 Å². The van der Waals surface area contributed by atoms with Crippen LogP contribution in [0, 0.1) is 0 Å². The Bertz CT molecular complexity index is 465. The molecule has 1 aliphatic rings. The SMILES string of the molecule is CCC(N)CC(=O)Nc1cc2c(cc1Cl)OCO2. The third kappa shape index (κ3) is 2.86. The molecule has 1 aliphatic heterocycles. The lowest BCUT2D eigenvalue weighted by molar-refractivity contribution is -0.116. The molecule has 2 rings (SSSR count). The Morgan fingerprint density at radius 1 is 1.50 bits per heavy atom. The van der Waals surface area contributed by atoms with Crippen LogP contribution in [0.5, 0.6) is 11.5 Å². The van der Waals surface area contributed by atoms with Gasteiger partial charge >= 0.3 is 0 Å². The molecule has 0 spiro atoms. The molecule has 0 aromatic heterocycles. The van der Waals surface area contributed by atoms with Crippen molar-refractivity contribution < 1.29 is 14.3 Å². The molecule has 0 fully saturated rings. The second-order valence-electron chi connectivity index (χ2n) is 4.11. The molecule has 1 atom stereocenters. The Balaban J connectivity index is 2.07. The summed E-state index contributed by atoms with van der Waals surface area (Å²) in [5.74, 6) is 1.00. The monoisotopic (exact) mass is 270 g/mol. The molecule has 0 bridgehead atoms. The average molecular weight is 271 g/mol. The lowest BCUT2D eigenvalue weighted by atomic mass is 10.1. The summed E-state index contributed by atoms with van der Waals surface area (Å²) in [4.78, 5) is 11.7. The van der Waals surface area contributed by atoms with E-state index in [9.17, 15) is 4.79 Å². The Morgan fingerprint density at radius 3 is 2.83 bits per heavy atom. The number of fused-ring (bicyclic) bond motifs is 1. The normalized spacial score (nSPS) is 14.4. The average Bonchev–Trinajstić information content (AvgIpc) is 2.76. The van der Waals surface area contributed by atoms with Gasteiger partial charge in [0.2, 0.25) is 12.7 Å². The molecule has 1 aromatic rings. The van der Waals surface area contributed by atoms with Crippen LogP contribution < -0.4 is 20.5 Å². The minimum atomic E-state index is -0.162. The van der Waals surface area contributed by atoms with E-state index in [0.29, 0.717) is 22.2 Å². The van der Waals surface area contributed by atoms with Crippen molar-refractivity contribution in [1.29, 1.82) is 0 Å². The number of halogens is 1. The van der Waals surface area contributed by atoms with Gasteiger partial charge in [0.15, 0.2) is 11.5 Å². The van der Waals surface area contributed by atoms with E-state index in [1.165, 1.54) is 0 Å². The van der Waals surface area contributed by atoms with Gasteiger partial charge in [-0.25, -0.2) is 0 Å². The van der Waals surface area contributed by atoms with Gasteiger partial charge in [0.1, 0.15) is 0 Å². The van der Waals surface area contributed by atoms with Crippen molar-refractivity contribution in [1.82, 2.24) is 0 Å². The van der Waals surface area contributed by atoms with E-state index in [1.54, 1.807) is 12.1 Å². The molecule has 0 saturated carbocycles. The Hall–Kier alpha value is -1.46. The van der Waals surface area contributed by atoms with Gasteiger partial charge in [-0.05, 0) is 6.42 Å². The van der Waals surface area contributed by atoms with Crippen molar-refractivity contribution in [2.45, 2.75) is 25.8 Å². The summed E-state index contributed by atoms with van der Waals surface area (Å²) >= 11 is 6.04. The highest BCUT2D eigenvalue weighted by Crippen LogP contribution is 2.39. The number of hydrogen-bond donors (Lipinski definition) is 2. The summed E-state index contributed by atoms with van der Waals surface area (Å²) in [5, 5.41) is 3.13. The quantitative estimate of drug-likeness (QED) is 0.879. The van der Waals surface area contributed by atoms with Crippen molar-refractivity contribution in [2.24, 2.45) is 5.73 Å². The standard InChI is InChI=1S/C12H15ClN2O3/c1-2-7(14)3-12(16)15-9-5-11-10(4-8(9)13)17-6-18-11/h4-5,7H,2-3,6,14H2,1H3,(H,15,16). The van der Waals surface area contributed by atoms with Crippen LogP contribution in [-0.4, -0.2) is 18.7 Å². The molecule has 0 aliphatic carbocycles. The largest absolute Gasteiger partial charge is 0.454 e. The van der Waals surface area contributed by atoms with E-state index in [2.05, 4.69) is 5.32 Å². The third-order valence-electron chi connectivity index (χ3n) is 2.71. The van der Waals surface area contributed by atoms with Gasteiger partial charge in [-0.1, -0.05) is 18.5 Å². The number of nitrogens with two attached hydrogens (primary N) is 1. The summed E-state index contributed by atoms with van der Waals surface area (Å²) in [6.45, 7) is 2.11. The van der Waals surface area contributed by atoms with Crippen molar-refractivity contribution in [3.8, 4) is 11.5 Å². The molecule has 1 amide bonds. The smallest absolute Gasteiger partial charge is 0.231 e. The molecule has 98 valence electrons. The maximum Gasteiger partial charge on any atom is 0.231 e. The zero-order valence-corrected chi connectivity index (χ0v) is 10.8. The van der Waals surface area contributed by atoms with Gasteiger partial charge in [-0.2, -0.15) is 0 Å². The molecule has 6 heteroatoms. The number of rotatable bonds is 4. The van der Waals surface area contributed by atoms with E-state index in [-0.39, 0.29) is 25.2 Å². The number of benzene rings is 1. The summed E-state index contributed by atoms with van der Waals surface area (Å²) in [5.41, 5.74) is 6.23. The summed E-state index contributed by atoms with van der Waals surface area (Å²) in [6.07, 6.45) is 1.02. The Morgan fingerprint density at radius 2 is 2.17 bits per heavy atom. The predicted molar refractivity (Wildman–Crippen MR) is 69.1 cm³/mol. The minimum absolute atomic E-state index is 0.141. The first-order chi connectivity index (χ1) is 8.60. The van der Waals surface area contributed by atoms with Crippen LogP contribution in [0.15, 0.2) is 12.1 Å². The molecule has 1 aromatic carbocycles. The highest BCUT2D eigenvalue weighted by molar-refractivity contribution is 6.34. The predicted octanol–water partition coefficient (Wildman–Crippen LogP) is 2.13. The van der Waals surface area contributed by atoms with Gasteiger partial charge in [-0.15, -0.1) is 0 Å². The number of anilines is 1. The second kappa shape index (κ2) is 5.46. The highest BCUT2D eigenvalue weighted by atomic mass is 35.5. The Kier molecular flexibility index (Phi) is 3.93. The molecular weight excluding hydrogens is 256 g/mol. The van der Waals surface area contributed by atoms with Gasteiger partial charge in [-0.3, -0.25) is 4.79 Å². The lowest BCUT2D eigenvalue weighted by Gasteiger charge is -2.11. The number of hydrogen-bond acceptors (Lipinski definition) is 4. The van der Waals surface area contributed by atoms with E-state index >= 15 is 0 Å². The van der Waals surface area contributed by atoms with Crippen molar-refractivity contribution >= 4 is 23.2 Å². The van der Waals surface area contributed by atoms with Gasteiger partial charge < -0.3 is 20.5 Å². The van der Waals surface area contributed by atoms with E-state index in [0.717, 1.165) is 6.42 Å². The minimum Gasteiger partial charge on any atom is -0.454 e. The van der Waals surface area contributed by atoms with Crippen LogP contribution in [0.1, 0.15) is 19.8 Å². The van der Waals surface area contributed by atoms with Crippen LogP contribution in [0.25, 0.3) is 0 Å². The molecule has 0 radical (unpaired) electrons. The number of carbonyl (C=O) groups excluding carboxylic acids is 1. The van der Waals surface area contributed by atoms with Gasteiger partial charge in [0, 0.05) is 24.6 Å². The third-order valence-corrected chi connectivity index (χ3v) is 3.02. The van der Waals surface area contributed by atoms with E-state index < -0.39 is 0 Å². The van der Waals surface area contributed by atoms with Crippen LogP contribution in [-0.2, 0) is 4.79 Å². The summed E-state index contributed by atoms with van der Waals surface area (Å²) in [6, 6.07) is 3.14. The Labute approximate surface area is 110 Å². The van der Waals surface area contributed by atoms with Crippen LogP contribution in [0.4, 0.5) is 5.69 Å². The van der Waals surface area contributed by atoms with Gasteiger partial charge in [0.05, 0.1) is 10.7 Å². The van der Waals surface area contributed by atoms with E-state index in [1.807, 2.05) is 6.92 Å². The fourth-order valence-electron chi connectivity index (χ4n) is 1.60. The molecule has 18 heavy (non-hydrogen) atoms. The zero-order valence-electron chi connectivity index (χ0n) is 10.0. The highest BCUT2D eigenvalue weighted by Gasteiger charge is 2.18. The molecule has 5 nitrogen and oxygen atoms in total. The van der Waals surface area contributed by atoms with Crippen LogP contribution in [0.2, 0.25) is 5.02 Å². The number of carbonyl (C=O) groups is 1. The maximum atomic E-state index is 11.7. The molecule has 3 N–H and O–H groups in total. The van der Waals surface area contributed by atoms with Crippen molar-refractivity contribution in [3.63, 3.8) is 0 Å².